The first-order valence-electron chi connectivity index (χ1n) is 3.80. The average Bonchev–Trinajstić information content (AvgIpc) is 2.31. The maximum absolute atomic E-state index is 11.0. The molecular formula is C8H10O5. The topological polar surface area (TPSA) is 69.7 Å². The smallest absolute Gasteiger partial charge is 0.372 e. The molecule has 0 spiro atoms. The molecule has 5 heteroatoms. The van der Waals surface area contributed by atoms with Gasteiger partial charge in [-0.3, -0.25) is 4.79 Å². The quantitative estimate of drug-likeness (QED) is 0.336. The van der Waals surface area contributed by atoms with E-state index in [0.717, 1.165) is 0 Å². The molecule has 0 saturated carbocycles. The molecule has 1 atom stereocenters. The highest BCUT2D eigenvalue weighted by Gasteiger charge is 2.46. The summed E-state index contributed by atoms with van der Waals surface area (Å²) in [5.41, 5.74) is -0.560. The minimum absolute atomic E-state index is 0.0294. The van der Waals surface area contributed by atoms with Gasteiger partial charge in [-0.1, -0.05) is 13.8 Å². The van der Waals surface area contributed by atoms with Gasteiger partial charge in [0.25, 0.3) is 0 Å². The Morgan fingerprint density at radius 1 is 1.69 bits per heavy atom. The Bertz CT molecular complexity index is 255. The van der Waals surface area contributed by atoms with Crippen molar-refractivity contribution in [3.05, 3.63) is 0 Å². The van der Waals surface area contributed by atoms with E-state index in [2.05, 4.69) is 4.74 Å². The number of ether oxygens (including phenoxy) is 2. The van der Waals surface area contributed by atoms with Gasteiger partial charge in [0, 0.05) is 5.41 Å². The Hall–Kier alpha value is -1.39. The lowest BCUT2D eigenvalue weighted by molar-refractivity contribution is -0.163. The Balaban J connectivity index is 2.71. The molecule has 72 valence electrons. The molecule has 1 aliphatic rings. The van der Waals surface area contributed by atoms with Crippen molar-refractivity contribution < 1.29 is 23.9 Å². The minimum Gasteiger partial charge on any atom is -0.462 e. The first kappa shape index (κ1) is 9.70. The van der Waals surface area contributed by atoms with Gasteiger partial charge in [-0.05, 0) is 0 Å². The molecule has 1 saturated heterocycles. The maximum atomic E-state index is 11.0. The number of hydrogen-bond acceptors (Lipinski definition) is 5. The van der Waals surface area contributed by atoms with Crippen LogP contribution in [-0.4, -0.2) is 30.9 Å². The summed E-state index contributed by atoms with van der Waals surface area (Å²) in [6.07, 6.45) is -0.938. The van der Waals surface area contributed by atoms with Crippen LogP contribution in [0.3, 0.4) is 0 Å². The van der Waals surface area contributed by atoms with Crippen LogP contribution in [-0.2, 0) is 23.9 Å². The van der Waals surface area contributed by atoms with Crippen molar-refractivity contribution in [1.82, 2.24) is 0 Å². The van der Waals surface area contributed by atoms with Gasteiger partial charge >= 0.3 is 11.9 Å². The van der Waals surface area contributed by atoms with E-state index in [-0.39, 0.29) is 12.9 Å². The molecule has 1 aliphatic heterocycles. The molecule has 0 bridgehead atoms. The van der Waals surface area contributed by atoms with Gasteiger partial charge in [0.2, 0.25) is 12.4 Å². The van der Waals surface area contributed by atoms with Crippen molar-refractivity contribution in [2.75, 3.05) is 6.61 Å². The van der Waals surface area contributed by atoms with Crippen molar-refractivity contribution in [3.8, 4) is 0 Å². The molecule has 0 N–H and O–H groups in total. The van der Waals surface area contributed by atoms with Crippen LogP contribution in [0.5, 0.6) is 0 Å². The van der Waals surface area contributed by atoms with Crippen LogP contribution >= 0.6 is 0 Å². The largest absolute Gasteiger partial charge is 0.462 e. The van der Waals surface area contributed by atoms with Crippen LogP contribution in [0.15, 0.2) is 0 Å². The molecule has 0 aromatic heterocycles. The molecular weight excluding hydrogens is 176 g/mol. The summed E-state index contributed by atoms with van der Waals surface area (Å²) in [6.45, 7) is 3.64. The molecule has 0 aromatic carbocycles. The fraction of sp³-hybridized carbons (Fsp3) is 0.625. The van der Waals surface area contributed by atoms with Crippen molar-refractivity contribution in [2.45, 2.75) is 20.0 Å². The van der Waals surface area contributed by atoms with Crippen LogP contribution in [0, 0.1) is 5.41 Å². The van der Waals surface area contributed by atoms with Crippen LogP contribution in [0.25, 0.3) is 0 Å². The second kappa shape index (κ2) is 3.16. The summed E-state index contributed by atoms with van der Waals surface area (Å²) in [6, 6.07) is 0. The lowest BCUT2D eigenvalue weighted by Crippen LogP contribution is -2.35. The molecule has 5 nitrogen and oxygen atoms in total. The number of hydrogen-bond donors (Lipinski definition) is 0. The summed E-state index contributed by atoms with van der Waals surface area (Å²) in [5, 5.41) is 0. The zero-order chi connectivity index (χ0) is 10.1. The third-order valence-corrected chi connectivity index (χ3v) is 1.84. The molecule has 0 aliphatic carbocycles. The molecule has 0 unspecified atom stereocenters. The van der Waals surface area contributed by atoms with Gasteiger partial charge in [0.1, 0.15) is 6.61 Å². The summed E-state index contributed by atoms with van der Waals surface area (Å²) in [4.78, 5) is 31.6. The highest BCUT2D eigenvalue weighted by molar-refractivity contribution is 6.20. The minimum atomic E-state index is -1.04. The summed E-state index contributed by atoms with van der Waals surface area (Å²) < 4.78 is 9.30. The highest BCUT2D eigenvalue weighted by Crippen LogP contribution is 2.30. The number of carbonyl (C=O) groups excluding carboxylic acids is 3. The summed E-state index contributed by atoms with van der Waals surface area (Å²) in [5.74, 6) is -1.64. The number of rotatable bonds is 2. The summed E-state index contributed by atoms with van der Waals surface area (Å²) >= 11 is 0. The number of esters is 2. The van der Waals surface area contributed by atoms with E-state index in [0.29, 0.717) is 0 Å². The molecule has 13 heavy (non-hydrogen) atoms. The van der Waals surface area contributed by atoms with Gasteiger partial charge < -0.3 is 9.47 Å². The zero-order valence-electron chi connectivity index (χ0n) is 7.40. The predicted octanol–water partition coefficient (Wildman–Crippen LogP) is -0.320. The van der Waals surface area contributed by atoms with Crippen molar-refractivity contribution in [3.63, 3.8) is 0 Å². The maximum Gasteiger partial charge on any atom is 0.372 e. The fourth-order valence-electron chi connectivity index (χ4n) is 1.08. The van der Waals surface area contributed by atoms with Gasteiger partial charge in [-0.25, -0.2) is 9.59 Å². The van der Waals surface area contributed by atoms with Crippen molar-refractivity contribution in [2.24, 2.45) is 5.41 Å². The number of cyclic esters (lactones) is 1. The van der Waals surface area contributed by atoms with Crippen molar-refractivity contribution >= 4 is 18.2 Å². The second-order valence-corrected chi connectivity index (χ2v) is 3.53. The van der Waals surface area contributed by atoms with Crippen LogP contribution < -0.4 is 0 Å². The van der Waals surface area contributed by atoms with Crippen molar-refractivity contribution in [1.29, 1.82) is 0 Å². The van der Waals surface area contributed by atoms with E-state index < -0.39 is 23.5 Å². The van der Waals surface area contributed by atoms with Gasteiger partial charge in [0.05, 0.1) is 0 Å². The predicted molar refractivity (Wildman–Crippen MR) is 40.7 cm³/mol. The highest BCUT2D eigenvalue weighted by atomic mass is 16.6. The van der Waals surface area contributed by atoms with Crippen LogP contribution in [0.1, 0.15) is 13.8 Å². The van der Waals surface area contributed by atoms with E-state index in [1.54, 1.807) is 13.8 Å². The van der Waals surface area contributed by atoms with Gasteiger partial charge in [-0.2, -0.15) is 0 Å². The Kier molecular flexibility index (Phi) is 2.36. The van der Waals surface area contributed by atoms with Crippen LogP contribution in [0.2, 0.25) is 0 Å². The standard InChI is InChI=1S/C8H10O5/c1-8(2)4-12-7(11)6(8)13-5(10)3-9/h3,6H,4H2,1-2H3/t6-/m0/s1. The zero-order valence-corrected chi connectivity index (χ0v) is 7.40. The SMILES string of the molecule is CC1(C)COC(=O)[C@@H]1OC(=O)C=O. The Morgan fingerprint density at radius 2 is 2.31 bits per heavy atom. The molecule has 0 amide bonds. The lowest BCUT2D eigenvalue weighted by atomic mass is 9.90. The fourth-order valence-corrected chi connectivity index (χ4v) is 1.08. The molecule has 0 aromatic rings. The third-order valence-electron chi connectivity index (χ3n) is 1.84. The summed E-state index contributed by atoms with van der Waals surface area (Å²) in [7, 11) is 0. The Morgan fingerprint density at radius 3 is 2.69 bits per heavy atom. The monoisotopic (exact) mass is 186 g/mol. The first-order chi connectivity index (χ1) is 5.97. The number of carbonyl (C=O) groups is 3. The van der Waals surface area contributed by atoms with E-state index in [4.69, 9.17) is 4.74 Å². The Labute approximate surface area is 75.0 Å². The lowest BCUT2D eigenvalue weighted by Gasteiger charge is -2.20. The van der Waals surface area contributed by atoms with Gasteiger partial charge in [0.15, 0.2) is 0 Å². The third kappa shape index (κ3) is 1.85. The van der Waals surface area contributed by atoms with E-state index in [9.17, 15) is 14.4 Å². The molecule has 1 fully saturated rings. The normalized spacial score (nSPS) is 25.1. The number of aldehydes is 1. The molecule has 1 rings (SSSR count). The van der Waals surface area contributed by atoms with E-state index >= 15 is 0 Å². The first-order valence-corrected chi connectivity index (χ1v) is 3.80. The van der Waals surface area contributed by atoms with E-state index in [1.807, 2.05) is 0 Å². The second-order valence-electron chi connectivity index (χ2n) is 3.53. The van der Waals surface area contributed by atoms with Gasteiger partial charge in [-0.15, -0.1) is 0 Å². The average molecular weight is 186 g/mol. The molecule has 1 heterocycles. The molecule has 0 radical (unpaired) electrons. The van der Waals surface area contributed by atoms with Crippen LogP contribution in [0.4, 0.5) is 0 Å². The van der Waals surface area contributed by atoms with E-state index in [1.165, 1.54) is 0 Å².